The van der Waals surface area contributed by atoms with Crippen molar-refractivity contribution < 1.29 is 9.90 Å². The molecule has 0 aromatic heterocycles. The zero-order valence-electron chi connectivity index (χ0n) is 11.7. The highest BCUT2D eigenvalue weighted by atomic mass is 16.3. The van der Waals surface area contributed by atoms with E-state index in [-0.39, 0.29) is 12.0 Å². The minimum atomic E-state index is -0.372. The van der Waals surface area contributed by atoms with Crippen LogP contribution in [0.5, 0.6) is 0 Å². The summed E-state index contributed by atoms with van der Waals surface area (Å²) in [5, 5.41) is 9.62. The zero-order chi connectivity index (χ0) is 13.8. The fraction of sp³-hybridized carbons (Fsp3) is 0.533. The Bertz CT molecular complexity index is 430. The first-order valence-corrected chi connectivity index (χ1v) is 6.90. The van der Waals surface area contributed by atoms with Crippen LogP contribution in [-0.4, -0.2) is 48.7 Å². The summed E-state index contributed by atoms with van der Waals surface area (Å²) >= 11 is 0. The van der Waals surface area contributed by atoms with E-state index < -0.39 is 0 Å². The first kappa shape index (κ1) is 13.9. The van der Waals surface area contributed by atoms with E-state index in [2.05, 4.69) is 11.8 Å². The van der Waals surface area contributed by atoms with Crippen molar-refractivity contribution in [2.24, 2.45) is 0 Å². The van der Waals surface area contributed by atoms with Crippen molar-refractivity contribution in [3.8, 4) is 0 Å². The maximum absolute atomic E-state index is 12.3. The number of β-amino-alcohol motifs (C(OH)–C–C–N with tert-alkyl or cyclic N) is 1. The van der Waals surface area contributed by atoms with Crippen LogP contribution < -0.4 is 4.90 Å². The first-order chi connectivity index (χ1) is 9.11. The Labute approximate surface area is 114 Å². The Hall–Kier alpha value is -1.55. The number of aliphatic hydroxyl groups is 1. The number of aliphatic hydroxyl groups excluding tert-OH is 1. The van der Waals surface area contributed by atoms with Crippen molar-refractivity contribution >= 4 is 11.6 Å². The molecular weight excluding hydrogens is 240 g/mol. The standard InChI is InChI=1S/C15H22N2O2/c1-3-16(2)13-8-6-12(7-9-13)15(19)17-10-4-5-14(18)11-17/h6-9,14,18H,3-5,10-11H2,1-2H3. The zero-order valence-corrected chi connectivity index (χ0v) is 11.7. The maximum atomic E-state index is 12.3. The van der Waals surface area contributed by atoms with Gasteiger partial charge in [0, 0.05) is 37.9 Å². The molecule has 1 N–H and O–H groups in total. The molecule has 4 heteroatoms. The van der Waals surface area contributed by atoms with E-state index in [1.807, 2.05) is 31.3 Å². The van der Waals surface area contributed by atoms with Gasteiger partial charge in [0.15, 0.2) is 0 Å². The lowest BCUT2D eigenvalue weighted by atomic mass is 10.1. The van der Waals surface area contributed by atoms with E-state index in [9.17, 15) is 9.90 Å². The lowest BCUT2D eigenvalue weighted by Crippen LogP contribution is -2.42. The van der Waals surface area contributed by atoms with Gasteiger partial charge in [-0.3, -0.25) is 4.79 Å². The Balaban J connectivity index is 2.07. The van der Waals surface area contributed by atoms with Gasteiger partial charge in [-0.2, -0.15) is 0 Å². The summed E-state index contributed by atoms with van der Waals surface area (Å²) in [6, 6.07) is 7.67. The number of likely N-dealkylation sites (tertiary alicyclic amines) is 1. The lowest BCUT2D eigenvalue weighted by Gasteiger charge is -2.30. The Morgan fingerprint density at radius 3 is 2.68 bits per heavy atom. The molecule has 1 fully saturated rings. The summed E-state index contributed by atoms with van der Waals surface area (Å²) in [6.07, 6.45) is 1.30. The Kier molecular flexibility index (Phi) is 4.43. The van der Waals surface area contributed by atoms with Gasteiger partial charge >= 0.3 is 0 Å². The minimum absolute atomic E-state index is 0.0180. The monoisotopic (exact) mass is 262 g/mol. The second-order valence-corrected chi connectivity index (χ2v) is 5.11. The summed E-state index contributed by atoms with van der Waals surface area (Å²) < 4.78 is 0. The van der Waals surface area contributed by atoms with Crippen LogP contribution in [0.1, 0.15) is 30.1 Å². The van der Waals surface area contributed by atoms with Crippen molar-refractivity contribution in [3.63, 3.8) is 0 Å². The van der Waals surface area contributed by atoms with Crippen molar-refractivity contribution in [1.29, 1.82) is 0 Å². The normalized spacial score (nSPS) is 19.3. The molecule has 19 heavy (non-hydrogen) atoms. The molecule has 1 heterocycles. The number of hydrogen-bond donors (Lipinski definition) is 1. The van der Waals surface area contributed by atoms with E-state index in [4.69, 9.17) is 0 Å². The van der Waals surface area contributed by atoms with Gasteiger partial charge in [0.25, 0.3) is 5.91 Å². The van der Waals surface area contributed by atoms with Gasteiger partial charge in [0.2, 0.25) is 0 Å². The number of amides is 1. The van der Waals surface area contributed by atoms with Crippen LogP contribution in [0.2, 0.25) is 0 Å². The predicted molar refractivity (Wildman–Crippen MR) is 76.5 cm³/mol. The second-order valence-electron chi connectivity index (χ2n) is 5.11. The van der Waals surface area contributed by atoms with Crippen molar-refractivity contribution in [2.75, 3.05) is 31.6 Å². The number of piperidine rings is 1. The molecule has 1 amide bonds. The number of carbonyl (C=O) groups excluding carboxylic acids is 1. The molecule has 0 aliphatic carbocycles. The van der Waals surface area contributed by atoms with Crippen LogP contribution in [0, 0.1) is 0 Å². The molecule has 0 spiro atoms. The summed E-state index contributed by atoms with van der Waals surface area (Å²) in [7, 11) is 2.03. The molecule has 0 saturated carbocycles. The topological polar surface area (TPSA) is 43.8 Å². The Morgan fingerprint density at radius 1 is 1.42 bits per heavy atom. The fourth-order valence-electron chi connectivity index (χ4n) is 2.36. The summed E-state index contributed by atoms with van der Waals surface area (Å²) in [4.78, 5) is 16.2. The van der Waals surface area contributed by atoms with Gasteiger partial charge in [-0.05, 0) is 44.0 Å². The highest BCUT2D eigenvalue weighted by Gasteiger charge is 2.22. The van der Waals surface area contributed by atoms with Crippen LogP contribution in [0.25, 0.3) is 0 Å². The van der Waals surface area contributed by atoms with Gasteiger partial charge in [0.05, 0.1) is 6.10 Å². The molecular formula is C15H22N2O2. The van der Waals surface area contributed by atoms with Crippen LogP contribution >= 0.6 is 0 Å². The quantitative estimate of drug-likeness (QED) is 0.902. The van der Waals surface area contributed by atoms with E-state index in [1.54, 1.807) is 4.90 Å². The second kappa shape index (κ2) is 6.06. The van der Waals surface area contributed by atoms with Crippen molar-refractivity contribution in [2.45, 2.75) is 25.9 Å². The third kappa shape index (κ3) is 3.26. The predicted octanol–water partition coefficient (Wildman–Crippen LogP) is 1.74. The fourth-order valence-corrected chi connectivity index (χ4v) is 2.36. The Morgan fingerprint density at radius 2 is 2.11 bits per heavy atom. The lowest BCUT2D eigenvalue weighted by molar-refractivity contribution is 0.0474. The van der Waals surface area contributed by atoms with E-state index >= 15 is 0 Å². The van der Waals surface area contributed by atoms with Crippen LogP contribution in [0.4, 0.5) is 5.69 Å². The molecule has 1 aromatic carbocycles. The largest absolute Gasteiger partial charge is 0.391 e. The van der Waals surface area contributed by atoms with Crippen LogP contribution in [-0.2, 0) is 0 Å². The molecule has 1 aliphatic heterocycles. The SMILES string of the molecule is CCN(C)c1ccc(C(=O)N2CCCC(O)C2)cc1. The van der Waals surface area contributed by atoms with Crippen molar-refractivity contribution in [3.05, 3.63) is 29.8 Å². The molecule has 2 rings (SSSR count). The molecule has 1 aliphatic rings. The average molecular weight is 262 g/mol. The number of carbonyl (C=O) groups is 1. The minimum Gasteiger partial charge on any atom is -0.391 e. The molecule has 0 bridgehead atoms. The number of nitrogens with zero attached hydrogens (tertiary/aromatic N) is 2. The molecule has 4 nitrogen and oxygen atoms in total. The maximum Gasteiger partial charge on any atom is 0.253 e. The third-order valence-corrected chi connectivity index (χ3v) is 3.71. The average Bonchev–Trinajstić information content (AvgIpc) is 2.46. The molecule has 104 valence electrons. The molecule has 1 unspecified atom stereocenters. The van der Waals surface area contributed by atoms with Gasteiger partial charge in [0.1, 0.15) is 0 Å². The third-order valence-electron chi connectivity index (χ3n) is 3.71. The van der Waals surface area contributed by atoms with E-state index in [0.29, 0.717) is 12.1 Å². The first-order valence-electron chi connectivity index (χ1n) is 6.90. The number of benzene rings is 1. The number of hydrogen-bond acceptors (Lipinski definition) is 3. The van der Waals surface area contributed by atoms with Gasteiger partial charge in [-0.1, -0.05) is 0 Å². The van der Waals surface area contributed by atoms with Gasteiger partial charge in [-0.15, -0.1) is 0 Å². The number of rotatable bonds is 3. The van der Waals surface area contributed by atoms with Crippen molar-refractivity contribution in [1.82, 2.24) is 4.90 Å². The molecule has 1 atom stereocenters. The summed E-state index contributed by atoms with van der Waals surface area (Å²) in [5.74, 6) is 0.0180. The van der Waals surface area contributed by atoms with Gasteiger partial charge < -0.3 is 14.9 Å². The number of anilines is 1. The molecule has 1 saturated heterocycles. The highest BCUT2D eigenvalue weighted by Crippen LogP contribution is 2.17. The summed E-state index contributed by atoms with van der Waals surface area (Å²) in [6.45, 7) is 4.22. The smallest absolute Gasteiger partial charge is 0.253 e. The summed E-state index contributed by atoms with van der Waals surface area (Å²) in [5.41, 5.74) is 1.81. The highest BCUT2D eigenvalue weighted by molar-refractivity contribution is 5.94. The molecule has 1 aromatic rings. The molecule has 0 radical (unpaired) electrons. The van der Waals surface area contributed by atoms with Crippen LogP contribution in [0.15, 0.2) is 24.3 Å². The van der Waals surface area contributed by atoms with E-state index in [1.165, 1.54) is 0 Å². The van der Waals surface area contributed by atoms with Gasteiger partial charge in [-0.25, -0.2) is 0 Å². The van der Waals surface area contributed by atoms with Crippen LogP contribution in [0.3, 0.4) is 0 Å². The van der Waals surface area contributed by atoms with E-state index in [0.717, 1.165) is 31.6 Å².